The van der Waals surface area contributed by atoms with Gasteiger partial charge in [-0.25, -0.2) is 0 Å². The number of nitrogens with zero attached hydrogens (tertiary/aromatic N) is 1. The van der Waals surface area contributed by atoms with Gasteiger partial charge >= 0.3 is 0 Å². The Morgan fingerprint density at radius 2 is 1.78 bits per heavy atom. The number of furan rings is 1. The first-order valence-electron chi connectivity index (χ1n) is 10.5. The Balaban J connectivity index is 1.90. The number of anilines is 1. The molecule has 1 amide bonds. The molecular weight excluding hydrogens is 406 g/mol. The maximum Gasteiger partial charge on any atom is 0.300 e. The minimum Gasteiger partial charge on any atom is -0.507 e. The van der Waals surface area contributed by atoms with Gasteiger partial charge in [0.2, 0.25) is 0 Å². The van der Waals surface area contributed by atoms with E-state index in [1.165, 1.54) is 4.90 Å². The van der Waals surface area contributed by atoms with Gasteiger partial charge in [-0.05, 0) is 73.9 Å². The number of Topliss-reactive ketones (excluding diaryl/α,β-unsaturated/α-hetero) is 1. The highest BCUT2D eigenvalue weighted by Crippen LogP contribution is 2.43. The smallest absolute Gasteiger partial charge is 0.300 e. The molecule has 1 aliphatic rings. The second-order valence-corrected chi connectivity index (χ2v) is 7.82. The van der Waals surface area contributed by atoms with Crippen molar-refractivity contribution in [2.75, 3.05) is 12.0 Å². The van der Waals surface area contributed by atoms with E-state index in [2.05, 4.69) is 0 Å². The van der Waals surface area contributed by atoms with Gasteiger partial charge in [0.05, 0.1) is 12.7 Å². The molecule has 4 rings (SSSR count). The van der Waals surface area contributed by atoms with E-state index >= 15 is 0 Å². The number of carbonyl (C=O) groups is 2. The van der Waals surface area contributed by atoms with E-state index in [-0.39, 0.29) is 11.3 Å². The number of aliphatic hydroxyl groups is 1. The number of methoxy groups -OCH3 is 1. The van der Waals surface area contributed by atoms with E-state index in [4.69, 9.17) is 9.15 Å². The molecule has 1 unspecified atom stereocenters. The second-order valence-electron chi connectivity index (χ2n) is 7.82. The van der Waals surface area contributed by atoms with Crippen molar-refractivity contribution in [2.45, 2.75) is 33.2 Å². The minimum absolute atomic E-state index is 0.00603. The SMILES string of the molecule is CCc1ccc(N2C(=O)C(=O)/C(=C(\O)c3ccc(OC)c(C)c3)C2c2ccc(C)o2)cc1. The third-order valence-corrected chi connectivity index (χ3v) is 5.77. The van der Waals surface area contributed by atoms with Crippen molar-refractivity contribution in [1.29, 1.82) is 0 Å². The Hall–Kier alpha value is -3.80. The third-order valence-electron chi connectivity index (χ3n) is 5.77. The molecule has 2 heterocycles. The van der Waals surface area contributed by atoms with Crippen molar-refractivity contribution in [3.63, 3.8) is 0 Å². The van der Waals surface area contributed by atoms with Gasteiger partial charge in [-0.15, -0.1) is 0 Å². The highest BCUT2D eigenvalue weighted by atomic mass is 16.5. The summed E-state index contributed by atoms with van der Waals surface area (Å²) < 4.78 is 11.1. The van der Waals surface area contributed by atoms with Crippen LogP contribution in [-0.2, 0) is 16.0 Å². The van der Waals surface area contributed by atoms with E-state index in [1.54, 1.807) is 44.4 Å². The number of carbonyl (C=O) groups excluding carboxylic acids is 2. The van der Waals surface area contributed by atoms with Crippen LogP contribution in [0.4, 0.5) is 5.69 Å². The summed E-state index contributed by atoms with van der Waals surface area (Å²) in [7, 11) is 1.57. The lowest BCUT2D eigenvalue weighted by molar-refractivity contribution is -0.132. The molecule has 1 saturated heterocycles. The largest absolute Gasteiger partial charge is 0.507 e. The number of rotatable bonds is 5. The van der Waals surface area contributed by atoms with Crippen molar-refractivity contribution >= 4 is 23.1 Å². The first-order valence-corrected chi connectivity index (χ1v) is 10.5. The van der Waals surface area contributed by atoms with E-state index in [9.17, 15) is 14.7 Å². The standard InChI is InChI=1S/C26H25NO5/c1-5-17-7-10-19(11-8-17)27-23(21-12-6-16(3)32-21)22(25(29)26(27)30)24(28)18-9-13-20(31-4)15(2)14-18/h6-14,23,28H,5H2,1-4H3/b24-22-. The van der Waals surface area contributed by atoms with Crippen LogP contribution in [0.3, 0.4) is 0 Å². The van der Waals surface area contributed by atoms with Crippen LogP contribution in [0, 0.1) is 13.8 Å². The lowest BCUT2D eigenvalue weighted by Crippen LogP contribution is -2.29. The molecule has 0 bridgehead atoms. The van der Waals surface area contributed by atoms with E-state index in [1.807, 2.05) is 38.1 Å². The van der Waals surface area contributed by atoms with E-state index in [0.29, 0.717) is 28.5 Å². The number of benzene rings is 2. The molecule has 2 aromatic carbocycles. The fraction of sp³-hybridized carbons (Fsp3) is 0.231. The summed E-state index contributed by atoms with van der Waals surface area (Å²) in [4.78, 5) is 27.7. The summed E-state index contributed by atoms with van der Waals surface area (Å²) >= 11 is 0. The van der Waals surface area contributed by atoms with Gasteiger partial charge in [-0.2, -0.15) is 0 Å². The van der Waals surface area contributed by atoms with Gasteiger partial charge in [0.15, 0.2) is 0 Å². The summed E-state index contributed by atoms with van der Waals surface area (Å²) in [5.74, 6) is 0.00648. The average Bonchev–Trinajstić information content (AvgIpc) is 3.34. The van der Waals surface area contributed by atoms with Crippen LogP contribution < -0.4 is 9.64 Å². The highest BCUT2D eigenvalue weighted by molar-refractivity contribution is 6.51. The maximum absolute atomic E-state index is 13.2. The highest BCUT2D eigenvalue weighted by Gasteiger charge is 2.48. The quantitative estimate of drug-likeness (QED) is 0.346. The van der Waals surface area contributed by atoms with Gasteiger partial charge in [0, 0.05) is 11.3 Å². The lowest BCUT2D eigenvalue weighted by atomic mass is 9.98. The summed E-state index contributed by atoms with van der Waals surface area (Å²) in [5, 5.41) is 11.2. The molecule has 0 aliphatic carbocycles. The van der Waals surface area contributed by atoms with Crippen molar-refractivity contribution in [3.05, 3.63) is 88.4 Å². The Kier molecular flexibility index (Phi) is 5.61. The van der Waals surface area contributed by atoms with E-state index in [0.717, 1.165) is 17.5 Å². The van der Waals surface area contributed by atoms with Crippen LogP contribution in [0.5, 0.6) is 5.75 Å². The molecule has 0 radical (unpaired) electrons. The number of hydrogen-bond acceptors (Lipinski definition) is 5. The fourth-order valence-corrected chi connectivity index (χ4v) is 4.04. The monoisotopic (exact) mass is 431 g/mol. The van der Waals surface area contributed by atoms with Crippen LogP contribution in [-0.4, -0.2) is 23.9 Å². The Morgan fingerprint density at radius 3 is 2.34 bits per heavy atom. The zero-order valence-corrected chi connectivity index (χ0v) is 18.5. The first kappa shape index (κ1) is 21.4. The molecule has 32 heavy (non-hydrogen) atoms. The Labute approximate surface area is 186 Å². The molecule has 1 fully saturated rings. The summed E-state index contributed by atoms with van der Waals surface area (Å²) in [5.41, 5.74) is 2.90. The molecule has 6 nitrogen and oxygen atoms in total. The third kappa shape index (κ3) is 3.58. The van der Waals surface area contributed by atoms with Crippen molar-refractivity contribution in [2.24, 2.45) is 0 Å². The minimum atomic E-state index is -0.876. The number of ether oxygens (including phenoxy) is 1. The van der Waals surface area contributed by atoms with Gasteiger partial charge in [-0.1, -0.05) is 19.1 Å². The molecule has 1 aromatic heterocycles. The van der Waals surface area contributed by atoms with Crippen LogP contribution in [0.2, 0.25) is 0 Å². The van der Waals surface area contributed by atoms with Gasteiger partial charge in [0.1, 0.15) is 29.1 Å². The Bertz CT molecular complexity index is 1220. The number of aliphatic hydroxyl groups excluding tert-OH is 1. The first-order chi connectivity index (χ1) is 15.3. The Morgan fingerprint density at radius 1 is 1.06 bits per heavy atom. The van der Waals surface area contributed by atoms with Gasteiger partial charge in [0.25, 0.3) is 11.7 Å². The lowest BCUT2D eigenvalue weighted by Gasteiger charge is -2.23. The predicted octanol–water partition coefficient (Wildman–Crippen LogP) is 5.09. The topological polar surface area (TPSA) is 80.0 Å². The zero-order valence-electron chi connectivity index (χ0n) is 18.5. The molecule has 164 valence electrons. The summed E-state index contributed by atoms with van der Waals surface area (Å²) in [6.07, 6.45) is 0.858. The zero-order chi connectivity index (χ0) is 23.0. The molecular formula is C26H25NO5. The predicted molar refractivity (Wildman–Crippen MR) is 122 cm³/mol. The number of hydrogen-bond donors (Lipinski definition) is 1. The maximum atomic E-state index is 13.2. The number of amides is 1. The number of aryl methyl sites for hydroxylation is 3. The molecule has 1 atom stereocenters. The molecule has 0 saturated carbocycles. The average molecular weight is 431 g/mol. The van der Waals surface area contributed by atoms with Crippen molar-refractivity contribution in [1.82, 2.24) is 0 Å². The fourth-order valence-electron chi connectivity index (χ4n) is 4.04. The normalized spacial score (nSPS) is 17.8. The van der Waals surface area contributed by atoms with Crippen LogP contribution in [0.25, 0.3) is 5.76 Å². The molecule has 1 aliphatic heterocycles. The molecule has 6 heteroatoms. The van der Waals surface area contributed by atoms with Crippen molar-refractivity contribution < 1.29 is 23.8 Å². The molecule has 0 spiro atoms. The summed E-state index contributed by atoms with van der Waals surface area (Å²) in [6, 6.07) is 15.2. The van der Waals surface area contributed by atoms with E-state index < -0.39 is 17.7 Å². The number of ketones is 1. The molecule has 3 aromatic rings. The molecule has 1 N–H and O–H groups in total. The second kappa shape index (κ2) is 8.38. The van der Waals surface area contributed by atoms with Gasteiger partial charge < -0.3 is 14.3 Å². The van der Waals surface area contributed by atoms with Gasteiger partial charge in [-0.3, -0.25) is 14.5 Å². The van der Waals surface area contributed by atoms with Crippen LogP contribution in [0.15, 0.2) is 64.6 Å². The van der Waals surface area contributed by atoms with Crippen molar-refractivity contribution in [3.8, 4) is 5.75 Å². The van der Waals surface area contributed by atoms with Crippen LogP contribution in [0.1, 0.15) is 41.2 Å². The van der Waals surface area contributed by atoms with Crippen LogP contribution >= 0.6 is 0 Å². The summed E-state index contributed by atoms with van der Waals surface area (Å²) in [6.45, 7) is 5.68.